The van der Waals surface area contributed by atoms with Crippen molar-refractivity contribution in [1.29, 1.82) is 0 Å². The fourth-order valence-corrected chi connectivity index (χ4v) is 2.97. The molecule has 1 aliphatic rings. The van der Waals surface area contributed by atoms with E-state index in [1.807, 2.05) is 24.3 Å². The van der Waals surface area contributed by atoms with E-state index in [0.29, 0.717) is 0 Å². The number of hydrogen-bond acceptors (Lipinski definition) is 3. The van der Waals surface area contributed by atoms with Crippen molar-refractivity contribution in [2.45, 2.75) is 12.8 Å². The fraction of sp³-hybridized carbons (Fsp3) is 0.471. The predicted octanol–water partition coefficient (Wildman–Crippen LogP) is 1.71. The van der Waals surface area contributed by atoms with E-state index in [-0.39, 0.29) is 5.56 Å². The number of H-pyrrole nitrogens is 1. The van der Waals surface area contributed by atoms with Crippen LogP contribution >= 0.6 is 0 Å². The summed E-state index contributed by atoms with van der Waals surface area (Å²) in [5, 5.41) is 1.82. The molecule has 2 aromatic rings. The van der Waals surface area contributed by atoms with Crippen molar-refractivity contribution in [3.8, 4) is 0 Å². The second kappa shape index (κ2) is 6.41. The first-order valence-corrected chi connectivity index (χ1v) is 7.74. The molecule has 1 aliphatic heterocycles. The Morgan fingerprint density at radius 3 is 2.71 bits per heavy atom. The molecule has 0 amide bonds. The summed E-state index contributed by atoms with van der Waals surface area (Å²) >= 11 is 0. The van der Waals surface area contributed by atoms with E-state index < -0.39 is 0 Å². The molecule has 0 unspecified atom stereocenters. The summed E-state index contributed by atoms with van der Waals surface area (Å²) < 4.78 is 0. The monoisotopic (exact) mass is 285 g/mol. The predicted molar refractivity (Wildman–Crippen MR) is 86.8 cm³/mol. The number of benzene rings is 1. The lowest BCUT2D eigenvalue weighted by Gasteiger charge is -2.32. The minimum absolute atomic E-state index is 0.0303. The molecule has 21 heavy (non-hydrogen) atoms. The third-order valence-corrected chi connectivity index (χ3v) is 4.33. The highest BCUT2D eigenvalue weighted by molar-refractivity contribution is 5.81. The number of aryl methyl sites for hydroxylation is 1. The molecule has 1 fully saturated rings. The summed E-state index contributed by atoms with van der Waals surface area (Å²) in [7, 11) is 2.18. The number of pyridine rings is 1. The van der Waals surface area contributed by atoms with Crippen molar-refractivity contribution in [2.24, 2.45) is 0 Å². The van der Waals surface area contributed by atoms with Gasteiger partial charge in [-0.3, -0.25) is 4.79 Å². The van der Waals surface area contributed by atoms with Crippen molar-refractivity contribution in [2.75, 3.05) is 39.8 Å². The van der Waals surface area contributed by atoms with Crippen LogP contribution < -0.4 is 5.56 Å². The Bertz CT molecular complexity index is 656. The average Bonchev–Trinajstić information content (AvgIpc) is 2.49. The summed E-state index contributed by atoms with van der Waals surface area (Å²) in [5.41, 5.74) is 1.08. The molecule has 112 valence electrons. The number of hydrogen-bond donors (Lipinski definition) is 1. The van der Waals surface area contributed by atoms with Crippen molar-refractivity contribution in [3.05, 3.63) is 46.4 Å². The van der Waals surface area contributed by atoms with Crippen LogP contribution in [0.3, 0.4) is 0 Å². The molecular formula is C17H23N3O. The van der Waals surface area contributed by atoms with Crippen LogP contribution in [0.5, 0.6) is 0 Å². The second-order valence-electron chi connectivity index (χ2n) is 5.96. The highest BCUT2D eigenvalue weighted by Gasteiger charge is 2.13. The summed E-state index contributed by atoms with van der Waals surface area (Å²) in [6.45, 7) is 5.75. The molecule has 2 heterocycles. The van der Waals surface area contributed by atoms with Gasteiger partial charge in [0.05, 0.1) is 0 Å². The van der Waals surface area contributed by atoms with Crippen LogP contribution in [0.2, 0.25) is 0 Å². The molecular weight excluding hydrogens is 262 g/mol. The van der Waals surface area contributed by atoms with Gasteiger partial charge in [-0.1, -0.05) is 18.2 Å². The maximum Gasteiger partial charge on any atom is 0.256 e. The van der Waals surface area contributed by atoms with Crippen molar-refractivity contribution >= 4 is 10.8 Å². The molecule has 0 spiro atoms. The van der Waals surface area contributed by atoms with Gasteiger partial charge in [0.15, 0.2) is 0 Å². The third-order valence-electron chi connectivity index (χ3n) is 4.33. The molecule has 0 bridgehead atoms. The summed E-state index contributed by atoms with van der Waals surface area (Å²) in [5.74, 6) is 0. The van der Waals surface area contributed by atoms with Gasteiger partial charge >= 0.3 is 0 Å². The largest absolute Gasteiger partial charge is 0.326 e. The van der Waals surface area contributed by atoms with Gasteiger partial charge in [-0.2, -0.15) is 0 Å². The normalized spacial score (nSPS) is 17.4. The van der Waals surface area contributed by atoms with Crippen LogP contribution in [0.4, 0.5) is 0 Å². The Morgan fingerprint density at radius 2 is 1.90 bits per heavy atom. The molecule has 1 aromatic heterocycles. The third kappa shape index (κ3) is 3.52. The van der Waals surface area contributed by atoms with Crippen molar-refractivity contribution < 1.29 is 0 Å². The molecule has 4 nitrogen and oxygen atoms in total. The Morgan fingerprint density at radius 1 is 1.14 bits per heavy atom. The summed E-state index contributed by atoms with van der Waals surface area (Å²) in [4.78, 5) is 19.9. The van der Waals surface area contributed by atoms with Gasteiger partial charge in [-0.15, -0.1) is 0 Å². The fourth-order valence-electron chi connectivity index (χ4n) is 2.97. The minimum atomic E-state index is 0.0303. The first-order valence-electron chi connectivity index (χ1n) is 7.74. The highest BCUT2D eigenvalue weighted by atomic mass is 16.1. The number of likely N-dealkylation sites (N-methyl/N-ethyl adjacent to an activating group) is 1. The first-order chi connectivity index (χ1) is 10.2. The van der Waals surface area contributed by atoms with Gasteiger partial charge in [0.25, 0.3) is 5.56 Å². The lowest BCUT2D eigenvalue weighted by atomic mass is 10.1. The number of rotatable bonds is 4. The first kappa shape index (κ1) is 14.3. The maximum absolute atomic E-state index is 12.0. The minimum Gasteiger partial charge on any atom is -0.326 e. The molecule has 4 heteroatoms. The van der Waals surface area contributed by atoms with Crippen LogP contribution in [0.15, 0.2) is 35.1 Å². The van der Waals surface area contributed by atoms with Gasteiger partial charge in [0.2, 0.25) is 0 Å². The van der Waals surface area contributed by atoms with E-state index in [1.54, 1.807) is 0 Å². The zero-order valence-corrected chi connectivity index (χ0v) is 12.6. The van der Waals surface area contributed by atoms with Crippen LogP contribution in [0.1, 0.15) is 12.1 Å². The van der Waals surface area contributed by atoms with Gasteiger partial charge in [0.1, 0.15) is 0 Å². The van der Waals surface area contributed by atoms with Crippen LogP contribution in [-0.2, 0) is 6.42 Å². The van der Waals surface area contributed by atoms with E-state index in [4.69, 9.17) is 0 Å². The van der Waals surface area contributed by atoms with E-state index in [0.717, 1.165) is 62.0 Å². The highest BCUT2D eigenvalue weighted by Crippen LogP contribution is 2.11. The number of fused-ring (bicyclic) bond motifs is 1. The number of nitrogens with zero attached hydrogens (tertiary/aromatic N) is 2. The SMILES string of the molecule is CN1CCN(CCCc2cc3ccccc3c(=O)[nH]2)CC1. The average molecular weight is 285 g/mol. The maximum atomic E-state index is 12.0. The number of nitrogens with one attached hydrogen (secondary N) is 1. The Kier molecular flexibility index (Phi) is 4.36. The molecule has 0 saturated carbocycles. The van der Waals surface area contributed by atoms with E-state index in [9.17, 15) is 4.79 Å². The molecule has 0 aliphatic carbocycles. The number of piperazine rings is 1. The lowest BCUT2D eigenvalue weighted by Crippen LogP contribution is -2.44. The van der Waals surface area contributed by atoms with Crippen LogP contribution in [-0.4, -0.2) is 54.6 Å². The lowest BCUT2D eigenvalue weighted by molar-refractivity contribution is 0.153. The Hall–Kier alpha value is -1.65. The van der Waals surface area contributed by atoms with E-state index >= 15 is 0 Å². The molecule has 1 saturated heterocycles. The van der Waals surface area contributed by atoms with Gasteiger partial charge in [0, 0.05) is 37.3 Å². The number of aromatic nitrogens is 1. The van der Waals surface area contributed by atoms with Crippen molar-refractivity contribution in [1.82, 2.24) is 14.8 Å². The molecule has 3 rings (SSSR count). The van der Waals surface area contributed by atoms with Gasteiger partial charge in [-0.05, 0) is 44.0 Å². The molecule has 1 N–H and O–H groups in total. The summed E-state index contributed by atoms with van der Waals surface area (Å²) in [6.07, 6.45) is 2.03. The smallest absolute Gasteiger partial charge is 0.256 e. The van der Waals surface area contributed by atoms with E-state index in [1.165, 1.54) is 0 Å². The van der Waals surface area contributed by atoms with Crippen molar-refractivity contribution in [3.63, 3.8) is 0 Å². The summed E-state index contributed by atoms with van der Waals surface area (Å²) in [6, 6.07) is 9.89. The van der Waals surface area contributed by atoms with E-state index in [2.05, 4.69) is 27.9 Å². The number of aromatic amines is 1. The van der Waals surface area contributed by atoms with Gasteiger partial charge < -0.3 is 14.8 Å². The quantitative estimate of drug-likeness (QED) is 0.929. The topological polar surface area (TPSA) is 39.3 Å². The zero-order chi connectivity index (χ0) is 14.7. The molecule has 0 radical (unpaired) electrons. The van der Waals surface area contributed by atoms with Crippen LogP contribution in [0, 0.1) is 0 Å². The Labute approximate surface area is 125 Å². The zero-order valence-electron chi connectivity index (χ0n) is 12.6. The van der Waals surface area contributed by atoms with Crippen LogP contribution in [0.25, 0.3) is 10.8 Å². The van der Waals surface area contributed by atoms with Gasteiger partial charge in [-0.25, -0.2) is 0 Å². The second-order valence-corrected chi connectivity index (χ2v) is 5.96. The molecule has 0 atom stereocenters. The standard InChI is InChI=1S/C17H23N3O/c1-19-9-11-20(12-10-19)8-4-6-15-13-14-5-2-3-7-16(14)17(21)18-15/h2-3,5,7,13H,4,6,8-12H2,1H3,(H,18,21). The molecule has 1 aromatic carbocycles. The Balaban J connectivity index is 1.59.